The van der Waals surface area contributed by atoms with E-state index >= 15 is 0 Å². The summed E-state index contributed by atoms with van der Waals surface area (Å²) in [4.78, 5) is 30.5. The number of carbonyl (C=O) groups excluding carboxylic acids is 1. The molecule has 0 saturated carbocycles. The first-order chi connectivity index (χ1) is 15.3. The van der Waals surface area contributed by atoms with Crippen LogP contribution in [0.4, 0.5) is 18.9 Å². The lowest BCUT2D eigenvalue weighted by Crippen LogP contribution is -2.18. The second kappa shape index (κ2) is 8.46. The van der Waals surface area contributed by atoms with E-state index in [4.69, 9.17) is 4.74 Å². The van der Waals surface area contributed by atoms with Crippen molar-refractivity contribution in [2.45, 2.75) is 19.1 Å². The van der Waals surface area contributed by atoms with Gasteiger partial charge in [0, 0.05) is 32.1 Å². The molecular formula is C22H19F3N4O3. The molecule has 7 nitrogen and oxygen atoms in total. The number of nitrogens with zero attached hydrogens (tertiary/aromatic N) is 3. The number of benzene rings is 1. The van der Waals surface area contributed by atoms with Gasteiger partial charge in [0.1, 0.15) is 17.0 Å². The molecule has 3 aromatic heterocycles. The predicted molar refractivity (Wildman–Crippen MR) is 113 cm³/mol. The highest BCUT2D eigenvalue weighted by Crippen LogP contribution is 2.31. The summed E-state index contributed by atoms with van der Waals surface area (Å²) in [5.74, 6) is -0.645. The van der Waals surface area contributed by atoms with E-state index in [0.717, 1.165) is 12.1 Å². The molecule has 3 heterocycles. The van der Waals surface area contributed by atoms with Crippen molar-refractivity contribution in [3.8, 4) is 0 Å². The Bertz CT molecular complexity index is 1360. The molecule has 4 rings (SSSR count). The maximum absolute atomic E-state index is 13.0. The molecule has 0 radical (unpaired) electrons. The highest BCUT2D eigenvalue weighted by atomic mass is 19.4. The van der Waals surface area contributed by atoms with Crippen LogP contribution in [0.1, 0.15) is 22.5 Å². The van der Waals surface area contributed by atoms with Gasteiger partial charge in [0.05, 0.1) is 10.9 Å². The molecule has 1 aromatic carbocycles. The minimum Gasteiger partial charge on any atom is -0.385 e. The van der Waals surface area contributed by atoms with Gasteiger partial charge in [-0.2, -0.15) is 13.2 Å². The van der Waals surface area contributed by atoms with Crippen molar-refractivity contribution >= 4 is 28.3 Å². The smallest absolute Gasteiger partial charge is 0.385 e. The van der Waals surface area contributed by atoms with Crippen LogP contribution >= 0.6 is 0 Å². The number of fused-ring (bicyclic) bond motifs is 2. The van der Waals surface area contributed by atoms with Crippen LogP contribution in [-0.2, 0) is 17.5 Å². The Morgan fingerprint density at radius 3 is 2.72 bits per heavy atom. The van der Waals surface area contributed by atoms with Gasteiger partial charge in [-0.25, -0.2) is 4.98 Å². The average molecular weight is 444 g/mol. The monoisotopic (exact) mass is 444 g/mol. The molecule has 1 amide bonds. The quantitative estimate of drug-likeness (QED) is 0.457. The minimum absolute atomic E-state index is 0.00614. The van der Waals surface area contributed by atoms with Crippen molar-refractivity contribution in [1.82, 2.24) is 14.0 Å². The van der Waals surface area contributed by atoms with Crippen LogP contribution in [0.15, 0.2) is 59.5 Å². The second-order valence-corrected chi connectivity index (χ2v) is 7.14. The van der Waals surface area contributed by atoms with Gasteiger partial charge in [0.2, 0.25) is 0 Å². The van der Waals surface area contributed by atoms with Crippen LogP contribution in [0.3, 0.4) is 0 Å². The number of pyridine rings is 1. The average Bonchev–Trinajstić information content (AvgIpc) is 3.13. The van der Waals surface area contributed by atoms with Gasteiger partial charge < -0.3 is 14.6 Å². The predicted octanol–water partition coefficient (Wildman–Crippen LogP) is 3.96. The van der Waals surface area contributed by atoms with Gasteiger partial charge >= 0.3 is 6.18 Å². The van der Waals surface area contributed by atoms with Gasteiger partial charge in [-0.1, -0.05) is 12.1 Å². The van der Waals surface area contributed by atoms with Crippen LogP contribution < -0.4 is 10.9 Å². The fraction of sp³-hybridized carbons (Fsp3) is 0.227. The standard InChI is InChI=1S/C22H19F3N4O3/c1-32-11-5-10-28-17(20(30)26-15-7-4-6-14(12-15)22(23,24)25)13-16-19(28)27-18-8-2-3-9-29(18)21(16)31/h2-4,6-9,12-13H,5,10-11H2,1H3,(H,26,30). The number of halogens is 3. The number of methoxy groups -OCH3 is 1. The number of carbonyl (C=O) groups is 1. The Morgan fingerprint density at radius 2 is 1.97 bits per heavy atom. The molecule has 1 N–H and O–H groups in total. The van der Waals surface area contributed by atoms with Crippen molar-refractivity contribution in [1.29, 1.82) is 0 Å². The molecule has 0 unspecified atom stereocenters. The topological polar surface area (TPSA) is 77.6 Å². The lowest BCUT2D eigenvalue weighted by atomic mass is 10.2. The van der Waals surface area contributed by atoms with Crippen LogP contribution in [0.5, 0.6) is 0 Å². The zero-order valence-corrected chi connectivity index (χ0v) is 17.0. The summed E-state index contributed by atoms with van der Waals surface area (Å²) in [7, 11) is 1.55. The van der Waals surface area contributed by atoms with Gasteiger partial charge in [-0.05, 0) is 42.8 Å². The first kappa shape index (κ1) is 21.6. The molecule has 0 fully saturated rings. The highest BCUT2D eigenvalue weighted by molar-refractivity contribution is 6.06. The number of amides is 1. The number of ether oxygens (including phenoxy) is 1. The van der Waals surface area contributed by atoms with E-state index in [1.54, 1.807) is 36.1 Å². The van der Waals surface area contributed by atoms with E-state index in [9.17, 15) is 22.8 Å². The van der Waals surface area contributed by atoms with Crippen molar-refractivity contribution in [3.05, 3.63) is 76.3 Å². The Balaban J connectivity index is 1.79. The van der Waals surface area contributed by atoms with Gasteiger partial charge in [0.25, 0.3) is 11.5 Å². The fourth-order valence-corrected chi connectivity index (χ4v) is 3.50. The Labute approximate surface area is 180 Å². The molecule has 0 atom stereocenters. The fourth-order valence-electron chi connectivity index (χ4n) is 3.50. The zero-order chi connectivity index (χ0) is 22.9. The Morgan fingerprint density at radius 1 is 1.16 bits per heavy atom. The third kappa shape index (κ3) is 4.09. The van der Waals surface area contributed by atoms with E-state index in [0.29, 0.717) is 30.9 Å². The molecule has 0 aliphatic carbocycles. The minimum atomic E-state index is -4.53. The van der Waals surface area contributed by atoms with E-state index in [-0.39, 0.29) is 22.3 Å². The largest absolute Gasteiger partial charge is 0.416 e. The molecule has 0 aliphatic rings. The summed E-state index contributed by atoms with van der Waals surface area (Å²) < 4.78 is 47.1. The summed E-state index contributed by atoms with van der Waals surface area (Å²) in [6, 6.07) is 10.9. The maximum atomic E-state index is 13.0. The number of anilines is 1. The van der Waals surface area contributed by atoms with E-state index < -0.39 is 17.6 Å². The summed E-state index contributed by atoms with van der Waals surface area (Å²) in [5, 5.41) is 2.73. The van der Waals surface area contributed by atoms with Crippen molar-refractivity contribution < 1.29 is 22.7 Å². The van der Waals surface area contributed by atoms with Crippen LogP contribution in [-0.4, -0.2) is 33.6 Å². The van der Waals surface area contributed by atoms with E-state index in [1.165, 1.54) is 22.6 Å². The van der Waals surface area contributed by atoms with Crippen LogP contribution in [0.25, 0.3) is 16.7 Å². The lowest BCUT2D eigenvalue weighted by molar-refractivity contribution is -0.137. The normalized spacial score (nSPS) is 11.9. The number of hydrogen-bond donors (Lipinski definition) is 1. The van der Waals surface area contributed by atoms with Gasteiger partial charge in [-0.3, -0.25) is 14.0 Å². The summed E-state index contributed by atoms with van der Waals surface area (Å²) in [5.41, 5.74) is -0.360. The highest BCUT2D eigenvalue weighted by Gasteiger charge is 2.30. The molecule has 0 aliphatic heterocycles. The molecule has 0 spiro atoms. The third-order valence-electron chi connectivity index (χ3n) is 4.99. The van der Waals surface area contributed by atoms with Crippen molar-refractivity contribution in [2.24, 2.45) is 0 Å². The summed E-state index contributed by atoms with van der Waals surface area (Å²) in [6.45, 7) is 0.749. The molecule has 0 saturated heterocycles. The number of hydrogen-bond acceptors (Lipinski definition) is 4. The molecule has 0 bridgehead atoms. The number of aryl methyl sites for hydroxylation is 1. The summed E-state index contributed by atoms with van der Waals surface area (Å²) in [6.07, 6.45) is -2.41. The Kier molecular flexibility index (Phi) is 5.70. The first-order valence-corrected chi connectivity index (χ1v) is 9.78. The number of aromatic nitrogens is 3. The SMILES string of the molecule is COCCCn1c(C(=O)Nc2cccc(C(F)(F)F)c2)cc2c(=O)n3ccccc3nc21. The lowest BCUT2D eigenvalue weighted by Gasteiger charge is -2.12. The van der Waals surface area contributed by atoms with Gasteiger partial charge in [-0.15, -0.1) is 0 Å². The van der Waals surface area contributed by atoms with E-state index in [2.05, 4.69) is 10.3 Å². The molecular weight excluding hydrogens is 425 g/mol. The number of rotatable bonds is 6. The van der Waals surface area contributed by atoms with Crippen molar-refractivity contribution in [2.75, 3.05) is 19.0 Å². The van der Waals surface area contributed by atoms with Crippen LogP contribution in [0, 0.1) is 0 Å². The van der Waals surface area contributed by atoms with Crippen molar-refractivity contribution in [3.63, 3.8) is 0 Å². The molecule has 32 heavy (non-hydrogen) atoms. The molecule has 10 heteroatoms. The molecule has 4 aromatic rings. The summed E-state index contributed by atoms with van der Waals surface area (Å²) >= 11 is 0. The Hall–Kier alpha value is -3.66. The van der Waals surface area contributed by atoms with Crippen LogP contribution in [0.2, 0.25) is 0 Å². The zero-order valence-electron chi connectivity index (χ0n) is 17.0. The van der Waals surface area contributed by atoms with E-state index in [1.807, 2.05) is 0 Å². The molecule has 166 valence electrons. The second-order valence-electron chi connectivity index (χ2n) is 7.14. The number of nitrogens with one attached hydrogen (secondary N) is 1. The van der Waals surface area contributed by atoms with Gasteiger partial charge in [0.15, 0.2) is 0 Å². The first-order valence-electron chi connectivity index (χ1n) is 9.78. The third-order valence-corrected chi connectivity index (χ3v) is 4.99. The maximum Gasteiger partial charge on any atom is 0.416 e. The number of alkyl halides is 3.